The molecule has 0 aromatic heterocycles. The lowest BCUT2D eigenvalue weighted by molar-refractivity contribution is 0.354. The fourth-order valence-electron chi connectivity index (χ4n) is 2.87. The molecule has 0 radical (unpaired) electrons. The average molecular weight is 264 g/mol. The third-order valence-electron chi connectivity index (χ3n) is 3.94. The van der Waals surface area contributed by atoms with Crippen LogP contribution in [0.1, 0.15) is 32.6 Å². The molecule has 1 fully saturated rings. The van der Waals surface area contributed by atoms with Crippen molar-refractivity contribution in [3.8, 4) is 11.5 Å². The molecule has 1 atom stereocenters. The highest BCUT2D eigenvalue weighted by molar-refractivity contribution is 5.73. The van der Waals surface area contributed by atoms with Gasteiger partial charge in [0.25, 0.3) is 0 Å². The lowest BCUT2D eigenvalue weighted by atomic mass is 9.98. The predicted molar refractivity (Wildman–Crippen MR) is 79.2 cm³/mol. The molecule has 2 N–H and O–H groups in total. The fourth-order valence-corrected chi connectivity index (χ4v) is 2.87. The highest BCUT2D eigenvalue weighted by Gasteiger charge is 2.24. The number of hydrogen-bond acceptors (Lipinski definition) is 4. The molecular weight excluding hydrogens is 240 g/mol. The normalized spacial score (nSPS) is 19.3. The van der Waals surface area contributed by atoms with Gasteiger partial charge in [-0.3, -0.25) is 0 Å². The number of nitrogen functional groups attached to an aromatic ring is 1. The van der Waals surface area contributed by atoms with E-state index in [4.69, 9.17) is 15.2 Å². The number of methoxy groups -OCH3 is 2. The Labute approximate surface area is 115 Å². The molecule has 19 heavy (non-hydrogen) atoms. The molecular formula is C15H24N2O2. The summed E-state index contributed by atoms with van der Waals surface area (Å²) in [5.41, 5.74) is 8.03. The lowest BCUT2D eigenvalue weighted by Crippen LogP contribution is -2.39. The molecule has 0 bridgehead atoms. The zero-order chi connectivity index (χ0) is 13.8. The zero-order valence-electron chi connectivity index (χ0n) is 12.1. The van der Waals surface area contributed by atoms with Gasteiger partial charge >= 0.3 is 0 Å². The van der Waals surface area contributed by atoms with Crippen LogP contribution >= 0.6 is 0 Å². The quantitative estimate of drug-likeness (QED) is 0.849. The average Bonchev–Trinajstić information content (AvgIpc) is 2.46. The summed E-state index contributed by atoms with van der Waals surface area (Å²) in [6.45, 7) is 3.30. The zero-order valence-corrected chi connectivity index (χ0v) is 12.1. The van der Waals surface area contributed by atoms with Crippen molar-refractivity contribution in [1.29, 1.82) is 0 Å². The number of nitrogens with two attached hydrogens (primary N) is 1. The number of anilines is 2. The van der Waals surface area contributed by atoms with E-state index in [-0.39, 0.29) is 0 Å². The van der Waals surface area contributed by atoms with Gasteiger partial charge in [0.15, 0.2) is 11.5 Å². The van der Waals surface area contributed by atoms with Crippen LogP contribution in [0.5, 0.6) is 11.5 Å². The molecule has 1 aromatic rings. The first kappa shape index (κ1) is 13.8. The minimum atomic E-state index is 0.578. The number of nitrogens with zero attached hydrogens (tertiary/aromatic N) is 1. The third kappa shape index (κ3) is 2.72. The first-order valence-electron chi connectivity index (χ1n) is 6.99. The smallest absolute Gasteiger partial charge is 0.162 e. The van der Waals surface area contributed by atoms with Crippen LogP contribution in [-0.2, 0) is 0 Å². The van der Waals surface area contributed by atoms with Gasteiger partial charge < -0.3 is 20.1 Å². The lowest BCUT2D eigenvalue weighted by Gasteiger charge is -2.38. The Morgan fingerprint density at radius 2 is 1.89 bits per heavy atom. The molecule has 1 saturated heterocycles. The fraction of sp³-hybridized carbons (Fsp3) is 0.600. The molecule has 106 valence electrons. The third-order valence-corrected chi connectivity index (χ3v) is 3.94. The molecule has 1 unspecified atom stereocenters. The molecule has 0 aliphatic carbocycles. The molecule has 1 heterocycles. The molecule has 0 saturated carbocycles. The van der Waals surface area contributed by atoms with Crippen LogP contribution in [0.4, 0.5) is 11.4 Å². The number of benzene rings is 1. The van der Waals surface area contributed by atoms with Gasteiger partial charge in [-0.25, -0.2) is 0 Å². The number of ether oxygens (including phenoxy) is 2. The van der Waals surface area contributed by atoms with Crippen molar-refractivity contribution < 1.29 is 9.47 Å². The first-order valence-corrected chi connectivity index (χ1v) is 6.99. The van der Waals surface area contributed by atoms with Crippen molar-refractivity contribution in [3.63, 3.8) is 0 Å². The van der Waals surface area contributed by atoms with Gasteiger partial charge in [0, 0.05) is 24.7 Å². The monoisotopic (exact) mass is 264 g/mol. The largest absolute Gasteiger partial charge is 0.493 e. The van der Waals surface area contributed by atoms with E-state index in [1.807, 2.05) is 12.1 Å². The van der Waals surface area contributed by atoms with E-state index in [1.54, 1.807) is 14.2 Å². The number of hydrogen-bond donors (Lipinski definition) is 1. The van der Waals surface area contributed by atoms with Gasteiger partial charge in [-0.2, -0.15) is 0 Å². The van der Waals surface area contributed by atoms with Crippen molar-refractivity contribution >= 4 is 11.4 Å². The molecule has 0 amide bonds. The van der Waals surface area contributed by atoms with E-state index in [9.17, 15) is 0 Å². The van der Waals surface area contributed by atoms with Gasteiger partial charge in [0.2, 0.25) is 0 Å². The van der Waals surface area contributed by atoms with Crippen molar-refractivity contribution in [2.24, 2.45) is 0 Å². The highest BCUT2D eigenvalue weighted by atomic mass is 16.5. The summed E-state index contributed by atoms with van der Waals surface area (Å²) in [5, 5.41) is 0. The Morgan fingerprint density at radius 3 is 2.53 bits per heavy atom. The maximum Gasteiger partial charge on any atom is 0.162 e. The second-order valence-electron chi connectivity index (χ2n) is 5.02. The minimum absolute atomic E-state index is 0.578. The Bertz CT molecular complexity index is 434. The Kier molecular flexibility index (Phi) is 4.40. The van der Waals surface area contributed by atoms with Gasteiger partial charge in [-0.15, -0.1) is 0 Å². The summed E-state index contributed by atoms with van der Waals surface area (Å²) < 4.78 is 10.7. The van der Waals surface area contributed by atoms with E-state index in [1.165, 1.54) is 19.3 Å². The summed E-state index contributed by atoms with van der Waals surface area (Å²) >= 11 is 0. The number of piperidine rings is 1. The SMILES string of the molecule is CCC1CCCCN1c1cc(OC)c(OC)cc1N. The van der Waals surface area contributed by atoms with Crippen molar-refractivity contribution in [2.75, 3.05) is 31.4 Å². The van der Waals surface area contributed by atoms with Crippen LogP contribution in [0.3, 0.4) is 0 Å². The molecule has 0 spiro atoms. The maximum absolute atomic E-state index is 6.19. The van der Waals surface area contributed by atoms with Crippen molar-refractivity contribution in [2.45, 2.75) is 38.6 Å². The van der Waals surface area contributed by atoms with E-state index < -0.39 is 0 Å². The second-order valence-corrected chi connectivity index (χ2v) is 5.02. The molecule has 4 heteroatoms. The van der Waals surface area contributed by atoms with Gasteiger partial charge in [0.1, 0.15) is 0 Å². The van der Waals surface area contributed by atoms with Crippen LogP contribution in [0.25, 0.3) is 0 Å². The van der Waals surface area contributed by atoms with Crippen molar-refractivity contribution in [3.05, 3.63) is 12.1 Å². The molecule has 4 nitrogen and oxygen atoms in total. The molecule has 1 aliphatic rings. The number of rotatable bonds is 4. The second kappa shape index (κ2) is 6.04. The van der Waals surface area contributed by atoms with E-state index in [0.29, 0.717) is 11.8 Å². The summed E-state index contributed by atoms with van der Waals surface area (Å²) in [6, 6.07) is 4.44. The van der Waals surface area contributed by atoms with Gasteiger partial charge in [-0.05, 0) is 25.7 Å². The van der Waals surface area contributed by atoms with Crippen LogP contribution in [0.2, 0.25) is 0 Å². The summed E-state index contributed by atoms with van der Waals surface area (Å²) in [6.07, 6.45) is 4.92. The summed E-state index contributed by atoms with van der Waals surface area (Å²) in [5.74, 6) is 1.43. The van der Waals surface area contributed by atoms with E-state index in [0.717, 1.165) is 30.1 Å². The summed E-state index contributed by atoms with van der Waals surface area (Å²) in [7, 11) is 3.29. The van der Waals surface area contributed by atoms with E-state index in [2.05, 4.69) is 11.8 Å². The Balaban J connectivity index is 2.37. The summed E-state index contributed by atoms with van der Waals surface area (Å²) in [4.78, 5) is 2.42. The molecule has 1 aliphatic heterocycles. The van der Waals surface area contributed by atoms with Crippen LogP contribution in [0.15, 0.2) is 12.1 Å². The van der Waals surface area contributed by atoms with Gasteiger partial charge in [-0.1, -0.05) is 6.92 Å². The Morgan fingerprint density at radius 1 is 1.21 bits per heavy atom. The predicted octanol–water partition coefficient (Wildman–Crippen LogP) is 3.05. The van der Waals surface area contributed by atoms with Gasteiger partial charge in [0.05, 0.1) is 25.6 Å². The molecule has 2 rings (SSSR count). The maximum atomic E-state index is 6.19. The van der Waals surface area contributed by atoms with Crippen molar-refractivity contribution in [1.82, 2.24) is 0 Å². The standard InChI is InChI=1S/C15H24N2O2/c1-4-11-7-5-6-8-17(11)13-10-15(19-3)14(18-2)9-12(13)16/h9-11H,4-8,16H2,1-3H3. The van der Waals surface area contributed by atoms with E-state index >= 15 is 0 Å². The van der Waals surface area contributed by atoms with Crippen LogP contribution in [0, 0.1) is 0 Å². The highest BCUT2D eigenvalue weighted by Crippen LogP contribution is 2.39. The molecule has 1 aromatic carbocycles. The van der Waals surface area contributed by atoms with Crippen LogP contribution in [-0.4, -0.2) is 26.8 Å². The first-order chi connectivity index (χ1) is 9.21. The minimum Gasteiger partial charge on any atom is -0.493 e. The topological polar surface area (TPSA) is 47.7 Å². The van der Waals surface area contributed by atoms with Crippen LogP contribution < -0.4 is 20.1 Å². The Hall–Kier alpha value is -1.58.